The fourth-order valence-corrected chi connectivity index (χ4v) is 2.81. The van der Waals surface area contributed by atoms with Gasteiger partial charge in [0.2, 0.25) is 0 Å². The summed E-state index contributed by atoms with van der Waals surface area (Å²) in [4.78, 5) is 23.6. The number of thioether (sulfide) groups is 1. The van der Waals surface area contributed by atoms with E-state index in [1.165, 1.54) is 0 Å². The molecule has 2 aromatic rings. The number of anilines is 1. The molecule has 3 amide bonds. The highest BCUT2D eigenvalue weighted by Crippen LogP contribution is 2.47. The topological polar surface area (TPSA) is 49.4 Å². The van der Waals surface area contributed by atoms with Gasteiger partial charge < -0.3 is 0 Å². The van der Waals surface area contributed by atoms with Crippen molar-refractivity contribution in [1.82, 2.24) is 5.32 Å². The molecule has 0 saturated heterocycles. The van der Waals surface area contributed by atoms with Crippen LogP contribution in [0.15, 0.2) is 41.3 Å². The molecule has 30 heavy (non-hydrogen) atoms. The van der Waals surface area contributed by atoms with Crippen LogP contribution in [0.25, 0.3) is 0 Å². The van der Waals surface area contributed by atoms with Gasteiger partial charge in [-0.05, 0) is 42.1 Å². The maximum atomic E-state index is 14.2. The third kappa shape index (κ3) is 5.01. The first kappa shape index (κ1) is 23.4. The van der Waals surface area contributed by atoms with Crippen molar-refractivity contribution >= 4 is 29.4 Å². The number of benzene rings is 2. The summed E-state index contributed by atoms with van der Waals surface area (Å²) >= 11 is -0.948. The highest BCUT2D eigenvalue weighted by Gasteiger charge is 2.58. The maximum absolute atomic E-state index is 14.2. The number of imide groups is 1. The van der Waals surface area contributed by atoms with Crippen molar-refractivity contribution in [1.29, 1.82) is 0 Å². The minimum Gasteiger partial charge on any atom is -0.294 e. The minimum atomic E-state index is -5.87. The minimum absolute atomic E-state index is 0.335. The van der Waals surface area contributed by atoms with Crippen LogP contribution in [-0.2, 0) is 0 Å². The fourth-order valence-electron chi connectivity index (χ4n) is 2.10. The smallest absolute Gasteiger partial charge is 0.294 e. The molecule has 0 unspecified atom stereocenters. The summed E-state index contributed by atoms with van der Waals surface area (Å²) in [6, 6.07) is 2.91. The second-order valence-electron chi connectivity index (χ2n) is 5.64. The number of urea groups is 1. The first-order valence-electron chi connectivity index (χ1n) is 7.70. The van der Waals surface area contributed by atoms with Crippen LogP contribution in [0.3, 0.4) is 0 Å². The van der Waals surface area contributed by atoms with E-state index in [1.807, 2.05) is 0 Å². The summed E-state index contributed by atoms with van der Waals surface area (Å²) in [5.41, 5.74) is -1.67. The van der Waals surface area contributed by atoms with E-state index in [0.29, 0.717) is 17.0 Å². The summed E-state index contributed by atoms with van der Waals surface area (Å²) in [5, 5.41) is -3.58. The van der Waals surface area contributed by atoms with Crippen LogP contribution in [0.2, 0.25) is 0 Å². The molecule has 0 spiro atoms. The first-order valence-corrected chi connectivity index (χ1v) is 8.52. The summed E-state index contributed by atoms with van der Waals surface area (Å²) in [5.74, 6) is -5.36. The Bertz CT molecular complexity index is 960. The Labute approximate surface area is 167 Å². The van der Waals surface area contributed by atoms with Crippen molar-refractivity contribution in [3.63, 3.8) is 0 Å². The number of nitrogens with zero attached hydrogens (tertiary/aromatic N) is 1. The number of carbonyl (C=O) groups excluding carboxylic acids is 2. The maximum Gasteiger partial charge on any atom is 0.464 e. The molecule has 0 fully saturated rings. The Morgan fingerprint density at radius 1 is 0.933 bits per heavy atom. The van der Waals surface area contributed by atoms with Gasteiger partial charge in [-0.25, -0.2) is 18.0 Å². The number of rotatable bonds is 4. The Morgan fingerprint density at radius 3 is 2.00 bits per heavy atom. The third-order valence-electron chi connectivity index (χ3n) is 3.57. The van der Waals surface area contributed by atoms with Crippen LogP contribution in [-0.4, -0.2) is 30.4 Å². The molecular weight excluding hydrogens is 448 g/mol. The Hall–Kier alpha value is -2.83. The van der Waals surface area contributed by atoms with Crippen LogP contribution in [0.1, 0.15) is 10.4 Å². The number of hydrogen-bond donors (Lipinski definition) is 1. The molecule has 13 heteroatoms. The van der Waals surface area contributed by atoms with Gasteiger partial charge >= 0.3 is 17.5 Å². The molecule has 0 radical (unpaired) electrons. The molecular formula is C17H10F8N2O2S. The quantitative estimate of drug-likeness (QED) is 0.497. The highest BCUT2D eigenvalue weighted by molar-refractivity contribution is 8.00. The van der Waals surface area contributed by atoms with Gasteiger partial charge in [-0.3, -0.25) is 15.0 Å². The molecule has 0 atom stereocenters. The Morgan fingerprint density at radius 2 is 1.50 bits per heavy atom. The van der Waals surface area contributed by atoms with E-state index in [-0.39, 0.29) is 0 Å². The highest BCUT2D eigenvalue weighted by atomic mass is 32.2. The van der Waals surface area contributed by atoms with Crippen LogP contribution in [0.4, 0.5) is 45.6 Å². The monoisotopic (exact) mass is 458 g/mol. The molecule has 2 rings (SSSR count). The van der Waals surface area contributed by atoms with Crippen LogP contribution < -0.4 is 10.2 Å². The van der Waals surface area contributed by atoms with E-state index >= 15 is 0 Å². The molecule has 1 N–H and O–H groups in total. The van der Waals surface area contributed by atoms with Gasteiger partial charge in [0, 0.05) is 11.9 Å². The zero-order chi connectivity index (χ0) is 22.9. The number of nitrogens with one attached hydrogen (secondary N) is 1. The fraction of sp³-hybridized carbons (Fsp3) is 0.176. The molecule has 0 aliphatic rings. The Balaban J connectivity index is 2.17. The van der Waals surface area contributed by atoms with E-state index in [4.69, 9.17) is 0 Å². The standard InChI is InChI=1S/C17H10F8N2O2S/c1-27(15(29)26-14(28)13-9(18)3-2-4-10(13)19)12-6-5-8(7-11(12)20)30-17(24,25)16(21,22)23/h2-7H,1H3,(H,26,28,29). The average Bonchev–Trinajstić information content (AvgIpc) is 2.59. The molecule has 0 saturated carbocycles. The number of hydrogen-bond acceptors (Lipinski definition) is 3. The summed E-state index contributed by atoms with van der Waals surface area (Å²) in [6.45, 7) is 0. The zero-order valence-electron chi connectivity index (χ0n) is 14.7. The van der Waals surface area contributed by atoms with Crippen molar-refractivity contribution in [3.05, 3.63) is 59.4 Å². The van der Waals surface area contributed by atoms with Gasteiger partial charge in [-0.1, -0.05) is 6.07 Å². The van der Waals surface area contributed by atoms with Crippen molar-refractivity contribution < 1.29 is 44.7 Å². The molecule has 0 aromatic heterocycles. The summed E-state index contributed by atoms with van der Waals surface area (Å²) < 4.78 is 104. The second kappa shape index (κ2) is 8.50. The van der Waals surface area contributed by atoms with Crippen molar-refractivity contribution in [2.75, 3.05) is 11.9 Å². The van der Waals surface area contributed by atoms with E-state index < -0.39 is 68.7 Å². The molecule has 2 aromatic carbocycles. The van der Waals surface area contributed by atoms with E-state index in [1.54, 1.807) is 5.32 Å². The van der Waals surface area contributed by atoms with E-state index in [2.05, 4.69) is 0 Å². The normalized spacial score (nSPS) is 11.9. The second-order valence-corrected chi connectivity index (χ2v) is 6.83. The first-order chi connectivity index (χ1) is 13.7. The summed E-state index contributed by atoms with van der Waals surface area (Å²) in [7, 11) is 0.926. The number of halogens is 8. The molecule has 4 nitrogen and oxygen atoms in total. The van der Waals surface area contributed by atoms with E-state index in [9.17, 15) is 44.7 Å². The van der Waals surface area contributed by atoms with Crippen LogP contribution in [0.5, 0.6) is 0 Å². The van der Waals surface area contributed by atoms with Gasteiger partial charge in [0.1, 0.15) is 23.0 Å². The SMILES string of the molecule is CN(C(=O)NC(=O)c1c(F)cccc1F)c1ccc(SC(F)(F)C(F)(F)F)cc1F. The third-order valence-corrected chi connectivity index (χ3v) is 4.55. The number of amides is 3. The largest absolute Gasteiger partial charge is 0.464 e. The zero-order valence-corrected chi connectivity index (χ0v) is 15.5. The van der Waals surface area contributed by atoms with Gasteiger partial charge in [0.05, 0.1) is 5.69 Å². The Kier molecular flexibility index (Phi) is 6.64. The van der Waals surface area contributed by atoms with Gasteiger partial charge in [0.25, 0.3) is 5.91 Å². The average molecular weight is 458 g/mol. The molecule has 0 heterocycles. The molecule has 0 aliphatic carbocycles. The van der Waals surface area contributed by atoms with Crippen molar-refractivity contribution in [2.45, 2.75) is 16.3 Å². The van der Waals surface area contributed by atoms with Gasteiger partial charge in [-0.2, -0.15) is 22.0 Å². The molecule has 0 bridgehead atoms. The van der Waals surface area contributed by atoms with Crippen LogP contribution in [0, 0.1) is 17.5 Å². The molecule has 162 valence electrons. The van der Waals surface area contributed by atoms with E-state index in [0.717, 1.165) is 31.3 Å². The van der Waals surface area contributed by atoms with Gasteiger partial charge in [0.15, 0.2) is 0 Å². The van der Waals surface area contributed by atoms with Crippen molar-refractivity contribution in [3.8, 4) is 0 Å². The van der Waals surface area contributed by atoms with Crippen molar-refractivity contribution in [2.24, 2.45) is 0 Å². The number of alkyl halides is 5. The van der Waals surface area contributed by atoms with Gasteiger partial charge in [-0.15, -0.1) is 0 Å². The summed E-state index contributed by atoms with van der Waals surface area (Å²) in [6.07, 6.45) is -5.87. The predicted molar refractivity (Wildman–Crippen MR) is 90.9 cm³/mol. The predicted octanol–water partition coefficient (Wildman–Crippen LogP) is 5.34. The lowest BCUT2D eigenvalue weighted by Gasteiger charge is -2.21. The lowest BCUT2D eigenvalue weighted by molar-refractivity contribution is -0.237. The molecule has 0 aliphatic heterocycles. The number of carbonyl (C=O) groups is 2. The lowest BCUT2D eigenvalue weighted by atomic mass is 10.2. The van der Waals surface area contributed by atoms with Crippen LogP contribution >= 0.6 is 11.8 Å². The lowest BCUT2D eigenvalue weighted by Crippen LogP contribution is -2.41.